The van der Waals surface area contributed by atoms with E-state index in [1.165, 1.54) is 0 Å². The second-order valence-electron chi connectivity index (χ2n) is 9.21. The van der Waals surface area contributed by atoms with Crippen LogP contribution in [0.2, 0.25) is 10.0 Å². The number of Topliss-reactive ketones (excluding diaryl/α,β-unsaturated/α-hetero) is 1. The van der Waals surface area contributed by atoms with Crippen LogP contribution in [0.15, 0.2) is 23.2 Å². The first-order valence-electron chi connectivity index (χ1n) is 12.2. The number of halogens is 2. The molecule has 6 nitrogen and oxygen atoms in total. The summed E-state index contributed by atoms with van der Waals surface area (Å²) in [6.45, 7) is 5.08. The van der Waals surface area contributed by atoms with E-state index in [0.717, 1.165) is 44.3 Å². The molecule has 2 saturated heterocycles. The molecule has 1 aromatic rings. The fourth-order valence-electron chi connectivity index (χ4n) is 5.71. The number of piperidine rings is 1. The van der Waals surface area contributed by atoms with Gasteiger partial charge >= 0.3 is 0 Å². The van der Waals surface area contributed by atoms with E-state index in [9.17, 15) is 9.90 Å². The van der Waals surface area contributed by atoms with Crippen LogP contribution in [-0.4, -0.2) is 77.8 Å². The molecular weight excluding hydrogens is 712 g/mol. The average molecular weight is 746 g/mol. The molecule has 2 aliphatic rings. The molecular formula is C25H34Cl2N3O3ReS2-5. The molecule has 11 heteroatoms. The van der Waals surface area contributed by atoms with E-state index < -0.39 is 0 Å². The van der Waals surface area contributed by atoms with Crippen molar-refractivity contribution in [1.29, 1.82) is 0 Å². The number of carbonyl (C=O) groups excluding carboxylic acids is 1. The molecule has 2 aliphatic heterocycles. The minimum atomic E-state index is -0.121. The summed E-state index contributed by atoms with van der Waals surface area (Å²) >= 11 is 22.5. The van der Waals surface area contributed by atoms with Crippen molar-refractivity contribution in [3.8, 4) is 0 Å². The molecule has 0 amide bonds. The minimum absolute atomic E-state index is 0. The van der Waals surface area contributed by atoms with Crippen molar-refractivity contribution < 1.29 is 35.8 Å². The summed E-state index contributed by atoms with van der Waals surface area (Å²) in [5.74, 6) is 1.41. The number of aliphatic imine (C=N–C) groups is 1. The smallest absolute Gasteiger partial charge is 0.137 e. The molecule has 205 valence electrons. The van der Waals surface area contributed by atoms with Crippen molar-refractivity contribution >= 4 is 60.1 Å². The fourth-order valence-corrected chi connectivity index (χ4v) is 6.37. The third-order valence-electron chi connectivity index (χ3n) is 7.19. The third kappa shape index (κ3) is 8.86. The van der Waals surface area contributed by atoms with Crippen molar-refractivity contribution in [2.75, 3.05) is 44.2 Å². The van der Waals surface area contributed by atoms with Crippen LogP contribution >= 0.6 is 23.2 Å². The Bertz CT molecular complexity index is 868. The monoisotopic (exact) mass is 745 g/mol. The summed E-state index contributed by atoms with van der Waals surface area (Å²) < 4.78 is 0. The SMILES string of the molecule is CCC(=O)[C@H]1[C@@H](c2ccc(Cl)c(Cl)c2)CC2CC[C@H]1N2CCCN(CC[S-])CC([O-])=NCC[S-].[O-2].[Re]. The van der Waals surface area contributed by atoms with Crippen molar-refractivity contribution in [3.05, 3.63) is 33.8 Å². The van der Waals surface area contributed by atoms with Gasteiger partial charge in [-0.25, -0.2) is 0 Å². The Morgan fingerprint density at radius 3 is 2.58 bits per heavy atom. The van der Waals surface area contributed by atoms with Crippen LogP contribution in [0, 0.1) is 5.92 Å². The molecule has 2 bridgehead atoms. The maximum Gasteiger partial charge on any atom is 0.137 e. The zero-order valence-corrected chi connectivity index (χ0v) is 26.4. The Balaban J connectivity index is 0.00000324. The van der Waals surface area contributed by atoms with E-state index in [4.69, 9.17) is 48.5 Å². The third-order valence-corrected chi connectivity index (χ3v) is 8.30. The molecule has 0 saturated carbocycles. The van der Waals surface area contributed by atoms with E-state index in [1.54, 1.807) is 0 Å². The van der Waals surface area contributed by atoms with Crippen molar-refractivity contribution in [3.63, 3.8) is 0 Å². The van der Waals surface area contributed by atoms with Gasteiger partial charge in [0.2, 0.25) is 0 Å². The topological polar surface area (TPSA) is 87.5 Å². The zero-order valence-electron chi connectivity index (χ0n) is 20.5. The van der Waals surface area contributed by atoms with Gasteiger partial charge in [-0.1, -0.05) is 36.2 Å². The summed E-state index contributed by atoms with van der Waals surface area (Å²) in [7, 11) is 0. The van der Waals surface area contributed by atoms with Crippen LogP contribution in [0.4, 0.5) is 0 Å². The Hall–Kier alpha value is 0.182. The Kier molecular flexibility index (Phi) is 16.1. The van der Waals surface area contributed by atoms with Gasteiger partial charge in [-0.15, -0.1) is 0 Å². The van der Waals surface area contributed by atoms with Gasteiger partial charge in [0.15, 0.2) is 0 Å². The van der Waals surface area contributed by atoms with Crippen LogP contribution in [0.1, 0.15) is 50.5 Å². The van der Waals surface area contributed by atoms with E-state index in [-0.39, 0.29) is 49.7 Å². The molecule has 1 radical (unpaired) electrons. The van der Waals surface area contributed by atoms with Crippen LogP contribution < -0.4 is 5.11 Å². The number of ketones is 1. The number of rotatable bonds is 13. The van der Waals surface area contributed by atoms with Crippen LogP contribution in [-0.2, 0) is 56.0 Å². The van der Waals surface area contributed by atoms with Crippen molar-refractivity contribution in [2.45, 2.75) is 57.0 Å². The Morgan fingerprint density at radius 2 is 1.94 bits per heavy atom. The Morgan fingerprint density at radius 1 is 1.19 bits per heavy atom. The fraction of sp³-hybridized carbons (Fsp3) is 0.680. The molecule has 3 rings (SSSR count). The van der Waals surface area contributed by atoms with Gasteiger partial charge in [-0.3, -0.25) is 9.69 Å². The summed E-state index contributed by atoms with van der Waals surface area (Å²) in [5, 5.41) is 13.2. The largest absolute Gasteiger partial charge is 2.00 e. The first-order valence-corrected chi connectivity index (χ1v) is 14.1. The number of fused-ring (bicyclic) bond motifs is 2. The summed E-state index contributed by atoms with van der Waals surface area (Å²) in [4.78, 5) is 21.8. The summed E-state index contributed by atoms with van der Waals surface area (Å²) in [6, 6.07) is 6.53. The molecule has 0 aromatic heterocycles. The quantitative estimate of drug-likeness (QED) is 0.175. The molecule has 4 atom stereocenters. The first-order chi connectivity index (χ1) is 16.4. The van der Waals surface area contributed by atoms with Crippen LogP contribution in [0.25, 0.3) is 0 Å². The molecule has 1 unspecified atom stereocenters. The predicted molar refractivity (Wildman–Crippen MR) is 145 cm³/mol. The van der Waals surface area contributed by atoms with Crippen LogP contribution in [0.3, 0.4) is 0 Å². The molecule has 2 fully saturated rings. The van der Waals surface area contributed by atoms with Crippen molar-refractivity contribution in [1.82, 2.24) is 9.80 Å². The second-order valence-corrected chi connectivity index (χ2v) is 10.8. The first kappa shape index (κ1) is 34.2. The van der Waals surface area contributed by atoms with Gasteiger partial charge in [-0.2, -0.15) is 11.5 Å². The van der Waals surface area contributed by atoms with Crippen LogP contribution in [0.5, 0.6) is 0 Å². The molecule has 2 heterocycles. The second kappa shape index (κ2) is 17.0. The molecule has 0 N–H and O–H groups in total. The number of carbonyl (C=O) groups is 1. The van der Waals surface area contributed by atoms with Crippen molar-refractivity contribution in [2.24, 2.45) is 10.9 Å². The Labute approximate surface area is 250 Å². The van der Waals surface area contributed by atoms with Gasteiger partial charge in [0.1, 0.15) is 5.78 Å². The number of hydrogen-bond acceptors (Lipinski definition) is 7. The number of hydrogen-bond donors (Lipinski definition) is 0. The molecule has 1 aromatic carbocycles. The zero-order chi connectivity index (χ0) is 24.7. The molecule has 0 spiro atoms. The minimum Gasteiger partial charge on any atom is -2.00 e. The van der Waals surface area contributed by atoms with E-state index in [2.05, 4.69) is 14.8 Å². The summed E-state index contributed by atoms with van der Waals surface area (Å²) in [5.41, 5.74) is 1.12. The average Bonchev–Trinajstić information content (AvgIpc) is 3.09. The molecule has 0 aliphatic carbocycles. The van der Waals surface area contributed by atoms with E-state index in [0.29, 0.717) is 59.4 Å². The van der Waals surface area contributed by atoms with Gasteiger partial charge in [0.25, 0.3) is 0 Å². The van der Waals surface area contributed by atoms with E-state index >= 15 is 0 Å². The van der Waals surface area contributed by atoms with Gasteiger partial charge in [-0.05, 0) is 74.8 Å². The van der Waals surface area contributed by atoms with Gasteiger partial charge in [0, 0.05) is 57.9 Å². The maximum atomic E-state index is 13.1. The number of nitrogens with zero attached hydrogens (tertiary/aromatic N) is 3. The maximum absolute atomic E-state index is 13.1. The molecule has 36 heavy (non-hydrogen) atoms. The van der Waals surface area contributed by atoms with Gasteiger partial charge < -0.3 is 45.7 Å². The summed E-state index contributed by atoms with van der Waals surface area (Å²) in [6.07, 6.45) is 4.60. The van der Waals surface area contributed by atoms with Gasteiger partial charge in [0.05, 0.1) is 10.0 Å². The predicted octanol–water partition coefficient (Wildman–Crippen LogP) is 3.33. The van der Waals surface area contributed by atoms with E-state index in [1.807, 2.05) is 25.1 Å². The standard InChI is InChI=1S/C25H37Cl2N3O2S2.O.Re/c1-2-23(31)25-19(17-4-6-20(26)21(27)14-17)15-18-5-7-22(25)30(18)10-3-9-29(11-13-34)16-24(32)28-8-12-33;;/h4,6,14,18-19,22,25,33-34H,2-3,5,7-13,15-16H2,1H3,(H,28,32);;/q;-2;/p-3/t18?,19-,22-,25+;;/m1../s1. The normalized spacial score (nSPS) is 23.9. The number of benzene rings is 1.